The van der Waals surface area contributed by atoms with Crippen molar-refractivity contribution in [3.8, 4) is 0 Å². The highest BCUT2D eigenvalue weighted by molar-refractivity contribution is 9.10. The molecule has 4 heteroatoms. The SMILES string of the molecule is Cc1ccc([C@H](C)NC(=O)CNc2ccc(Br)cc2)cc1C. The average Bonchev–Trinajstić information content (AvgIpc) is 2.49. The summed E-state index contributed by atoms with van der Waals surface area (Å²) in [6.45, 7) is 6.44. The Morgan fingerprint density at radius 2 is 1.77 bits per heavy atom. The van der Waals surface area contributed by atoms with E-state index in [4.69, 9.17) is 0 Å². The first-order valence-electron chi connectivity index (χ1n) is 7.31. The topological polar surface area (TPSA) is 41.1 Å². The molecule has 22 heavy (non-hydrogen) atoms. The van der Waals surface area contributed by atoms with E-state index in [-0.39, 0.29) is 18.5 Å². The molecule has 0 fully saturated rings. The molecule has 0 saturated carbocycles. The molecular weight excluding hydrogens is 340 g/mol. The summed E-state index contributed by atoms with van der Waals surface area (Å²) >= 11 is 3.39. The Morgan fingerprint density at radius 1 is 1.09 bits per heavy atom. The Bertz CT molecular complexity index is 653. The number of benzene rings is 2. The summed E-state index contributed by atoms with van der Waals surface area (Å²) in [5, 5.41) is 6.13. The summed E-state index contributed by atoms with van der Waals surface area (Å²) in [7, 11) is 0. The lowest BCUT2D eigenvalue weighted by Gasteiger charge is -2.16. The fourth-order valence-electron chi connectivity index (χ4n) is 2.16. The van der Waals surface area contributed by atoms with Gasteiger partial charge >= 0.3 is 0 Å². The maximum atomic E-state index is 12.0. The minimum Gasteiger partial charge on any atom is -0.376 e. The van der Waals surface area contributed by atoms with Crippen LogP contribution < -0.4 is 10.6 Å². The molecular formula is C18H21BrN2O. The highest BCUT2D eigenvalue weighted by Crippen LogP contribution is 2.17. The number of amides is 1. The molecule has 116 valence electrons. The van der Waals surface area contributed by atoms with Crippen LogP contribution in [0, 0.1) is 13.8 Å². The van der Waals surface area contributed by atoms with Crippen LogP contribution in [-0.2, 0) is 4.79 Å². The third-order valence-corrected chi connectivity index (χ3v) is 4.23. The Kier molecular flexibility index (Phi) is 5.61. The lowest BCUT2D eigenvalue weighted by Crippen LogP contribution is -2.32. The summed E-state index contributed by atoms with van der Waals surface area (Å²) in [4.78, 5) is 12.0. The predicted molar refractivity (Wildman–Crippen MR) is 95.1 cm³/mol. The summed E-state index contributed by atoms with van der Waals surface area (Å²) < 4.78 is 1.02. The van der Waals surface area contributed by atoms with E-state index in [9.17, 15) is 4.79 Å². The predicted octanol–water partition coefficient (Wildman–Crippen LogP) is 4.36. The lowest BCUT2D eigenvalue weighted by molar-refractivity contribution is -0.120. The van der Waals surface area contributed by atoms with Gasteiger partial charge in [-0.15, -0.1) is 0 Å². The van der Waals surface area contributed by atoms with Crippen molar-refractivity contribution in [2.24, 2.45) is 0 Å². The summed E-state index contributed by atoms with van der Waals surface area (Å²) in [6, 6.07) is 14.0. The normalized spacial score (nSPS) is 11.8. The van der Waals surface area contributed by atoms with Crippen molar-refractivity contribution >= 4 is 27.5 Å². The van der Waals surface area contributed by atoms with Crippen LogP contribution >= 0.6 is 15.9 Å². The van der Waals surface area contributed by atoms with Crippen LogP contribution in [0.5, 0.6) is 0 Å². The van der Waals surface area contributed by atoms with Crippen molar-refractivity contribution in [2.45, 2.75) is 26.8 Å². The van der Waals surface area contributed by atoms with Crippen molar-refractivity contribution < 1.29 is 4.79 Å². The number of nitrogens with one attached hydrogen (secondary N) is 2. The van der Waals surface area contributed by atoms with Crippen LogP contribution in [0.1, 0.15) is 29.7 Å². The van der Waals surface area contributed by atoms with Gasteiger partial charge < -0.3 is 10.6 Å². The summed E-state index contributed by atoms with van der Waals surface area (Å²) in [5.41, 5.74) is 4.56. The van der Waals surface area contributed by atoms with E-state index < -0.39 is 0 Å². The monoisotopic (exact) mass is 360 g/mol. The number of carbonyl (C=O) groups excluding carboxylic acids is 1. The summed E-state index contributed by atoms with van der Waals surface area (Å²) in [6.07, 6.45) is 0. The number of hydrogen-bond donors (Lipinski definition) is 2. The molecule has 0 saturated heterocycles. The molecule has 0 spiro atoms. The first-order chi connectivity index (χ1) is 10.5. The van der Waals surface area contributed by atoms with E-state index in [2.05, 4.69) is 58.6 Å². The van der Waals surface area contributed by atoms with Gasteiger partial charge in [-0.1, -0.05) is 34.1 Å². The fraction of sp³-hybridized carbons (Fsp3) is 0.278. The van der Waals surface area contributed by atoms with Gasteiger partial charge in [0.15, 0.2) is 0 Å². The molecule has 2 rings (SSSR count). The number of aryl methyl sites for hydroxylation is 2. The van der Waals surface area contributed by atoms with Gasteiger partial charge in [0.2, 0.25) is 5.91 Å². The van der Waals surface area contributed by atoms with Gasteiger partial charge in [0.05, 0.1) is 12.6 Å². The summed E-state index contributed by atoms with van der Waals surface area (Å²) in [5.74, 6) is -0.0198. The number of anilines is 1. The lowest BCUT2D eigenvalue weighted by atomic mass is 10.0. The maximum absolute atomic E-state index is 12.0. The average molecular weight is 361 g/mol. The van der Waals surface area contributed by atoms with E-state index in [1.165, 1.54) is 11.1 Å². The van der Waals surface area contributed by atoms with Gasteiger partial charge in [-0.2, -0.15) is 0 Å². The van der Waals surface area contributed by atoms with Gasteiger partial charge in [0.25, 0.3) is 0 Å². The standard InChI is InChI=1S/C18H21BrN2O/c1-12-4-5-15(10-13(12)2)14(3)21-18(22)11-20-17-8-6-16(19)7-9-17/h4-10,14,20H,11H2,1-3H3,(H,21,22)/t14-/m0/s1. The molecule has 0 aliphatic heterocycles. The zero-order valence-electron chi connectivity index (χ0n) is 13.1. The molecule has 2 N–H and O–H groups in total. The van der Waals surface area contributed by atoms with Crippen LogP contribution in [0.3, 0.4) is 0 Å². The Labute approximate surface area is 140 Å². The third kappa shape index (κ3) is 4.60. The van der Waals surface area contributed by atoms with Gasteiger partial charge in [-0.3, -0.25) is 4.79 Å². The molecule has 2 aromatic rings. The van der Waals surface area contributed by atoms with Gasteiger partial charge in [-0.25, -0.2) is 0 Å². The van der Waals surface area contributed by atoms with Crippen molar-refractivity contribution in [2.75, 3.05) is 11.9 Å². The Morgan fingerprint density at radius 3 is 2.41 bits per heavy atom. The molecule has 0 heterocycles. The maximum Gasteiger partial charge on any atom is 0.239 e. The second-order valence-electron chi connectivity index (χ2n) is 5.49. The zero-order valence-corrected chi connectivity index (χ0v) is 14.7. The fourth-order valence-corrected chi connectivity index (χ4v) is 2.42. The van der Waals surface area contributed by atoms with E-state index in [0.29, 0.717) is 0 Å². The molecule has 0 aliphatic carbocycles. The minimum absolute atomic E-state index is 0.00137. The molecule has 0 aromatic heterocycles. The second-order valence-corrected chi connectivity index (χ2v) is 6.41. The molecule has 0 bridgehead atoms. The minimum atomic E-state index is -0.0198. The number of hydrogen-bond acceptors (Lipinski definition) is 2. The van der Waals surface area contributed by atoms with E-state index >= 15 is 0 Å². The van der Waals surface area contributed by atoms with Gasteiger partial charge in [0.1, 0.15) is 0 Å². The van der Waals surface area contributed by atoms with Gasteiger partial charge in [-0.05, 0) is 61.7 Å². The largest absolute Gasteiger partial charge is 0.376 e. The van der Waals surface area contributed by atoms with Crippen molar-refractivity contribution in [3.05, 3.63) is 63.6 Å². The first kappa shape index (κ1) is 16.6. The Balaban J connectivity index is 1.88. The van der Waals surface area contributed by atoms with E-state index in [0.717, 1.165) is 15.7 Å². The molecule has 0 radical (unpaired) electrons. The molecule has 1 atom stereocenters. The Hall–Kier alpha value is -1.81. The highest BCUT2D eigenvalue weighted by Gasteiger charge is 2.10. The van der Waals surface area contributed by atoms with Crippen molar-refractivity contribution in [1.29, 1.82) is 0 Å². The molecule has 3 nitrogen and oxygen atoms in total. The molecule has 0 unspecified atom stereocenters. The zero-order chi connectivity index (χ0) is 16.1. The van der Waals surface area contributed by atoms with Crippen LogP contribution in [0.15, 0.2) is 46.9 Å². The second kappa shape index (κ2) is 7.45. The van der Waals surface area contributed by atoms with Crippen molar-refractivity contribution in [3.63, 3.8) is 0 Å². The van der Waals surface area contributed by atoms with Crippen molar-refractivity contribution in [1.82, 2.24) is 5.32 Å². The quantitative estimate of drug-likeness (QED) is 0.831. The molecule has 0 aliphatic rings. The third-order valence-electron chi connectivity index (χ3n) is 3.71. The first-order valence-corrected chi connectivity index (χ1v) is 8.11. The van der Waals surface area contributed by atoms with E-state index in [1.54, 1.807) is 0 Å². The number of carbonyl (C=O) groups is 1. The smallest absolute Gasteiger partial charge is 0.239 e. The van der Waals surface area contributed by atoms with Gasteiger partial charge in [0, 0.05) is 10.2 Å². The molecule has 2 aromatic carbocycles. The van der Waals surface area contributed by atoms with Crippen LogP contribution in [0.4, 0.5) is 5.69 Å². The number of halogens is 1. The highest BCUT2D eigenvalue weighted by atomic mass is 79.9. The van der Waals surface area contributed by atoms with Crippen LogP contribution in [-0.4, -0.2) is 12.5 Å². The van der Waals surface area contributed by atoms with Crippen LogP contribution in [0.2, 0.25) is 0 Å². The van der Waals surface area contributed by atoms with E-state index in [1.807, 2.05) is 31.2 Å². The molecule has 1 amide bonds. The van der Waals surface area contributed by atoms with Crippen LogP contribution in [0.25, 0.3) is 0 Å². The number of rotatable bonds is 5.